The maximum Gasteiger partial charge on any atom is 0.306 e. The molecule has 0 aliphatic carbocycles. The normalized spacial score (nSPS) is 12.9. The SMILES string of the molecule is CC/C=C/C/C=C/C/C=C/C/C=C/C/C=C/C/C=C/CCC(=O)OC[C@@H](COC(=O)CCCCCCC/C=C/CCCCCC)OC(=O)CCCCCCC/C=C/CCCCCCC. The molecule has 0 aliphatic heterocycles. The first-order chi connectivity index (χ1) is 31.5. The molecule has 6 nitrogen and oxygen atoms in total. The molecule has 0 heterocycles. The van der Waals surface area contributed by atoms with Gasteiger partial charge in [0.05, 0.1) is 0 Å². The van der Waals surface area contributed by atoms with E-state index in [0.717, 1.165) is 103 Å². The van der Waals surface area contributed by atoms with Crippen molar-refractivity contribution in [3.8, 4) is 0 Å². The second-order valence-corrected chi connectivity index (χ2v) is 17.0. The Balaban J connectivity index is 4.52. The number of unbranched alkanes of at least 4 members (excludes halogenated alkanes) is 19. The van der Waals surface area contributed by atoms with Crippen molar-refractivity contribution in [3.05, 3.63) is 97.2 Å². The second kappa shape index (κ2) is 52.0. The predicted molar refractivity (Wildman–Crippen MR) is 274 cm³/mol. The van der Waals surface area contributed by atoms with Gasteiger partial charge in [0.15, 0.2) is 6.10 Å². The van der Waals surface area contributed by atoms with Crippen LogP contribution in [0.2, 0.25) is 0 Å². The first kappa shape index (κ1) is 60.3. The van der Waals surface area contributed by atoms with Crippen molar-refractivity contribution in [1.29, 1.82) is 0 Å². The molecule has 0 rings (SSSR count). The lowest BCUT2D eigenvalue weighted by Gasteiger charge is -2.18. The fourth-order valence-corrected chi connectivity index (χ4v) is 6.87. The summed E-state index contributed by atoms with van der Waals surface area (Å²) >= 11 is 0. The molecule has 0 aromatic rings. The van der Waals surface area contributed by atoms with Crippen LogP contribution < -0.4 is 0 Å². The van der Waals surface area contributed by atoms with Crippen LogP contribution in [0.5, 0.6) is 0 Å². The third kappa shape index (κ3) is 49.3. The van der Waals surface area contributed by atoms with Crippen LogP contribution in [0, 0.1) is 0 Å². The van der Waals surface area contributed by atoms with E-state index in [0.29, 0.717) is 19.3 Å². The number of carbonyl (C=O) groups is 3. The number of hydrogen-bond acceptors (Lipinski definition) is 6. The van der Waals surface area contributed by atoms with Crippen molar-refractivity contribution < 1.29 is 28.6 Å². The third-order valence-electron chi connectivity index (χ3n) is 10.8. The molecule has 0 spiro atoms. The molecule has 0 aromatic carbocycles. The van der Waals surface area contributed by atoms with E-state index in [1.54, 1.807) is 0 Å². The minimum absolute atomic E-state index is 0.109. The van der Waals surface area contributed by atoms with Gasteiger partial charge in [0.25, 0.3) is 0 Å². The van der Waals surface area contributed by atoms with Crippen LogP contribution in [0.25, 0.3) is 0 Å². The highest BCUT2D eigenvalue weighted by Crippen LogP contribution is 2.13. The monoisotopic (exact) mass is 889 g/mol. The number of hydrogen-bond donors (Lipinski definition) is 0. The van der Waals surface area contributed by atoms with Gasteiger partial charge < -0.3 is 14.2 Å². The number of esters is 3. The summed E-state index contributed by atoms with van der Waals surface area (Å²) in [6.45, 7) is 6.41. The standard InChI is InChI=1S/C58H96O6/c1-4-7-10-13-16-19-22-25-27-28-29-30-31-34-36-39-42-45-48-51-57(60)63-54-55(53-62-56(59)50-47-44-41-38-35-32-24-21-18-15-12-9-6-3)64-58(61)52-49-46-43-40-37-33-26-23-20-17-14-11-8-5-2/h7,10,16,19,21,23-27,29-30,34,36,42,45,55H,4-6,8-9,11-15,17-18,20,22,28,31-33,35,37-41,43-44,46-54H2,1-3H3/b10-7+,19-16+,24-21+,26-23+,27-25+,30-29+,36-34+,45-42+/t55-/m1/s1. The highest BCUT2D eigenvalue weighted by Gasteiger charge is 2.19. The highest BCUT2D eigenvalue weighted by molar-refractivity contribution is 5.71. The van der Waals surface area contributed by atoms with Gasteiger partial charge in [0.1, 0.15) is 13.2 Å². The van der Waals surface area contributed by atoms with Gasteiger partial charge in [-0.25, -0.2) is 0 Å². The lowest BCUT2D eigenvalue weighted by molar-refractivity contribution is -0.166. The summed E-state index contributed by atoms with van der Waals surface area (Å²) < 4.78 is 16.7. The number of rotatable bonds is 46. The Hall–Kier alpha value is -3.67. The molecule has 0 saturated heterocycles. The lowest BCUT2D eigenvalue weighted by Crippen LogP contribution is -2.30. The zero-order chi connectivity index (χ0) is 46.5. The Bertz CT molecular complexity index is 1300. The largest absolute Gasteiger partial charge is 0.462 e. The van der Waals surface area contributed by atoms with Crippen molar-refractivity contribution >= 4 is 17.9 Å². The Morgan fingerprint density at radius 1 is 0.328 bits per heavy atom. The molecule has 0 fully saturated rings. The van der Waals surface area contributed by atoms with E-state index >= 15 is 0 Å². The molecule has 0 N–H and O–H groups in total. The molecule has 0 aliphatic rings. The molecule has 364 valence electrons. The van der Waals surface area contributed by atoms with Crippen LogP contribution in [-0.4, -0.2) is 37.2 Å². The summed E-state index contributed by atoms with van der Waals surface area (Å²) in [4.78, 5) is 38.0. The van der Waals surface area contributed by atoms with Crippen molar-refractivity contribution in [2.24, 2.45) is 0 Å². The van der Waals surface area contributed by atoms with Gasteiger partial charge in [-0.3, -0.25) is 14.4 Å². The highest BCUT2D eigenvalue weighted by atomic mass is 16.6. The van der Waals surface area contributed by atoms with Crippen LogP contribution in [0.15, 0.2) is 97.2 Å². The Kier molecular flexibility index (Phi) is 49.0. The van der Waals surface area contributed by atoms with Crippen LogP contribution in [0.1, 0.15) is 233 Å². The predicted octanol–water partition coefficient (Wildman–Crippen LogP) is 17.4. The number of carbonyl (C=O) groups excluding carboxylic acids is 3. The van der Waals surface area contributed by atoms with Crippen molar-refractivity contribution in [3.63, 3.8) is 0 Å². The molecule has 0 amide bonds. The summed E-state index contributed by atoms with van der Waals surface area (Å²) in [5.41, 5.74) is 0. The van der Waals surface area contributed by atoms with E-state index in [4.69, 9.17) is 14.2 Å². The van der Waals surface area contributed by atoms with Gasteiger partial charge in [-0.15, -0.1) is 0 Å². The van der Waals surface area contributed by atoms with Gasteiger partial charge in [-0.2, -0.15) is 0 Å². The van der Waals surface area contributed by atoms with E-state index in [9.17, 15) is 14.4 Å². The molecule has 64 heavy (non-hydrogen) atoms. The molecular formula is C58H96O6. The molecule has 1 atom stereocenters. The van der Waals surface area contributed by atoms with Gasteiger partial charge in [0.2, 0.25) is 0 Å². The van der Waals surface area contributed by atoms with Gasteiger partial charge in [0, 0.05) is 19.3 Å². The number of allylic oxidation sites excluding steroid dienone is 16. The lowest BCUT2D eigenvalue weighted by atomic mass is 10.1. The average Bonchev–Trinajstić information content (AvgIpc) is 3.29. The minimum atomic E-state index is -0.815. The second-order valence-electron chi connectivity index (χ2n) is 17.0. The zero-order valence-electron chi connectivity index (χ0n) is 41.5. The topological polar surface area (TPSA) is 78.9 Å². The summed E-state index contributed by atoms with van der Waals surface area (Å²) in [5, 5.41) is 0. The Morgan fingerprint density at radius 2 is 0.641 bits per heavy atom. The van der Waals surface area contributed by atoms with E-state index in [1.807, 2.05) is 6.08 Å². The molecular weight excluding hydrogens is 793 g/mol. The number of ether oxygens (including phenoxy) is 3. The molecule has 0 radical (unpaired) electrons. The fourth-order valence-electron chi connectivity index (χ4n) is 6.87. The van der Waals surface area contributed by atoms with E-state index in [1.165, 1.54) is 83.5 Å². The van der Waals surface area contributed by atoms with Crippen molar-refractivity contribution in [2.45, 2.75) is 239 Å². The molecule has 6 heteroatoms. The van der Waals surface area contributed by atoms with Gasteiger partial charge in [-0.1, -0.05) is 201 Å². The summed E-state index contributed by atoms with van der Waals surface area (Å²) in [6, 6.07) is 0. The Labute approximate surface area is 394 Å². The van der Waals surface area contributed by atoms with Crippen LogP contribution in [0.3, 0.4) is 0 Å². The van der Waals surface area contributed by atoms with Crippen LogP contribution in [0.4, 0.5) is 0 Å². The smallest absolute Gasteiger partial charge is 0.306 e. The van der Waals surface area contributed by atoms with Crippen LogP contribution >= 0.6 is 0 Å². The summed E-state index contributed by atoms with van der Waals surface area (Å²) in [7, 11) is 0. The first-order valence-electron chi connectivity index (χ1n) is 26.2. The van der Waals surface area contributed by atoms with Gasteiger partial charge >= 0.3 is 17.9 Å². The van der Waals surface area contributed by atoms with E-state index in [2.05, 4.69) is 112 Å². The first-order valence-corrected chi connectivity index (χ1v) is 26.2. The fraction of sp³-hybridized carbons (Fsp3) is 0.672. The molecule has 0 aromatic heterocycles. The van der Waals surface area contributed by atoms with E-state index < -0.39 is 6.10 Å². The van der Waals surface area contributed by atoms with Gasteiger partial charge in [-0.05, 0) is 109 Å². The van der Waals surface area contributed by atoms with Crippen LogP contribution in [-0.2, 0) is 28.6 Å². The average molecular weight is 889 g/mol. The molecule has 0 bridgehead atoms. The van der Waals surface area contributed by atoms with Crippen molar-refractivity contribution in [1.82, 2.24) is 0 Å². The maximum atomic E-state index is 12.8. The Morgan fingerprint density at radius 3 is 1.06 bits per heavy atom. The molecule has 0 unspecified atom stereocenters. The zero-order valence-corrected chi connectivity index (χ0v) is 41.5. The summed E-state index contributed by atoms with van der Waals surface area (Å²) in [6.07, 6.45) is 68.3. The van der Waals surface area contributed by atoms with Crippen molar-refractivity contribution in [2.75, 3.05) is 13.2 Å². The quantitative estimate of drug-likeness (QED) is 0.0262. The minimum Gasteiger partial charge on any atom is -0.462 e. The van der Waals surface area contributed by atoms with E-state index in [-0.39, 0.29) is 37.5 Å². The maximum absolute atomic E-state index is 12.8. The third-order valence-corrected chi connectivity index (χ3v) is 10.8. The molecule has 0 saturated carbocycles. The summed E-state index contributed by atoms with van der Waals surface area (Å²) in [5.74, 6) is -1.02.